The van der Waals surface area contributed by atoms with Gasteiger partial charge in [0, 0.05) is 18.0 Å². The molecule has 0 saturated carbocycles. The highest BCUT2D eigenvalue weighted by molar-refractivity contribution is 5.85. The highest BCUT2D eigenvalue weighted by atomic mass is 16.4. The molecule has 0 atom stereocenters. The Kier molecular flexibility index (Phi) is 4.61. The van der Waals surface area contributed by atoms with Gasteiger partial charge in [-0.3, -0.25) is 0 Å². The summed E-state index contributed by atoms with van der Waals surface area (Å²) in [7, 11) is 0. The zero-order chi connectivity index (χ0) is 18.9. The van der Waals surface area contributed by atoms with Gasteiger partial charge >= 0.3 is 5.97 Å². The lowest BCUT2D eigenvalue weighted by Gasteiger charge is -2.42. The van der Waals surface area contributed by atoms with Crippen LogP contribution in [-0.2, 0) is 15.6 Å². The lowest BCUT2D eigenvalue weighted by atomic mass is 9.63. The molecule has 136 valence electrons. The molecule has 4 heteroatoms. The third-order valence-corrected chi connectivity index (χ3v) is 5.33. The first-order chi connectivity index (χ1) is 12.2. The Hall–Kier alpha value is -2.62. The number of carbonyl (C=O) groups is 1. The number of benzene rings is 1. The van der Waals surface area contributed by atoms with Crippen molar-refractivity contribution in [3.63, 3.8) is 0 Å². The number of hydrogen-bond acceptors (Lipinski definition) is 3. The highest BCUT2D eigenvalue weighted by Gasteiger charge is 2.36. The molecule has 1 aliphatic carbocycles. The second kappa shape index (κ2) is 6.60. The van der Waals surface area contributed by atoms with Gasteiger partial charge in [0.2, 0.25) is 0 Å². The van der Waals surface area contributed by atoms with E-state index in [1.54, 1.807) is 6.20 Å². The smallest absolute Gasteiger partial charge is 0.328 e. The van der Waals surface area contributed by atoms with Gasteiger partial charge in [-0.1, -0.05) is 33.8 Å². The quantitative estimate of drug-likeness (QED) is 0.737. The van der Waals surface area contributed by atoms with Gasteiger partial charge in [0.1, 0.15) is 5.82 Å². The molecule has 2 N–H and O–H groups in total. The second-order valence-electron chi connectivity index (χ2n) is 8.30. The maximum atomic E-state index is 10.6. The molecule has 26 heavy (non-hydrogen) atoms. The molecule has 1 heterocycles. The van der Waals surface area contributed by atoms with Crippen LogP contribution in [0, 0.1) is 0 Å². The van der Waals surface area contributed by atoms with Gasteiger partial charge in [0.25, 0.3) is 0 Å². The Bertz CT molecular complexity index is 849. The molecule has 0 bridgehead atoms. The molecule has 1 aromatic carbocycles. The summed E-state index contributed by atoms with van der Waals surface area (Å²) in [4.78, 5) is 15.0. The van der Waals surface area contributed by atoms with Crippen LogP contribution in [0.15, 0.2) is 42.6 Å². The number of aliphatic carboxylic acids is 1. The first-order valence-corrected chi connectivity index (χ1v) is 8.96. The van der Waals surface area contributed by atoms with Gasteiger partial charge in [-0.15, -0.1) is 0 Å². The van der Waals surface area contributed by atoms with Crippen LogP contribution < -0.4 is 5.32 Å². The van der Waals surface area contributed by atoms with Crippen molar-refractivity contribution in [1.29, 1.82) is 0 Å². The number of nitrogens with zero attached hydrogens (tertiary/aromatic N) is 1. The molecule has 0 fully saturated rings. The Morgan fingerprint density at radius 2 is 1.77 bits per heavy atom. The predicted molar refractivity (Wildman–Crippen MR) is 106 cm³/mol. The predicted octanol–water partition coefficient (Wildman–Crippen LogP) is 5.27. The van der Waals surface area contributed by atoms with Crippen molar-refractivity contribution in [3.8, 4) is 0 Å². The summed E-state index contributed by atoms with van der Waals surface area (Å²) in [5.74, 6) is -0.225. The molecule has 2 aromatic rings. The van der Waals surface area contributed by atoms with Crippen molar-refractivity contribution < 1.29 is 9.90 Å². The minimum atomic E-state index is -0.966. The van der Waals surface area contributed by atoms with Crippen LogP contribution in [0.25, 0.3) is 6.08 Å². The van der Waals surface area contributed by atoms with Crippen LogP contribution in [0.5, 0.6) is 0 Å². The largest absolute Gasteiger partial charge is 0.478 e. The summed E-state index contributed by atoms with van der Waals surface area (Å²) in [6.07, 6.45) is 6.68. The standard InChI is InChI=1S/C22H26N2O2/c1-21(2)11-12-22(3,4)18-13-16(7-8-17(18)21)24-19-9-5-15(14-23-19)6-10-20(25)26/h5-10,13-14H,11-12H2,1-4H3,(H,23,24)(H,25,26)/b10-6+. The number of pyridine rings is 1. The van der Waals surface area contributed by atoms with E-state index in [0.29, 0.717) is 0 Å². The average molecular weight is 350 g/mol. The molecular weight excluding hydrogens is 324 g/mol. The van der Waals surface area contributed by atoms with E-state index < -0.39 is 5.97 Å². The van der Waals surface area contributed by atoms with E-state index in [0.717, 1.165) is 23.1 Å². The molecular formula is C22H26N2O2. The summed E-state index contributed by atoms with van der Waals surface area (Å²) < 4.78 is 0. The molecule has 4 nitrogen and oxygen atoms in total. The fourth-order valence-corrected chi connectivity index (χ4v) is 3.56. The van der Waals surface area contributed by atoms with E-state index >= 15 is 0 Å². The first-order valence-electron chi connectivity index (χ1n) is 8.96. The molecule has 0 radical (unpaired) electrons. The number of fused-ring (bicyclic) bond motifs is 1. The first kappa shape index (κ1) is 18.2. The van der Waals surface area contributed by atoms with Crippen molar-refractivity contribution in [2.24, 2.45) is 0 Å². The van der Waals surface area contributed by atoms with Gasteiger partial charge in [-0.2, -0.15) is 0 Å². The van der Waals surface area contributed by atoms with E-state index in [2.05, 4.69) is 56.2 Å². The van der Waals surface area contributed by atoms with E-state index in [1.807, 2.05) is 12.1 Å². The van der Waals surface area contributed by atoms with Crippen LogP contribution in [-0.4, -0.2) is 16.1 Å². The number of carboxylic acid groups (broad SMARTS) is 1. The zero-order valence-corrected chi connectivity index (χ0v) is 15.8. The topological polar surface area (TPSA) is 62.2 Å². The van der Waals surface area contributed by atoms with Gasteiger partial charge < -0.3 is 10.4 Å². The van der Waals surface area contributed by atoms with Crippen LogP contribution in [0.3, 0.4) is 0 Å². The van der Waals surface area contributed by atoms with E-state index in [1.165, 1.54) is 30.0 Å². The summed E-state index contributed by atoms with van der Waals surface area (Å²) in [5.41, 5.74) is 4.99. The number of carboxylic acids is 1. The maximum Gasteiger partial charge on any atom is 0.328 e. The Morgan fingerprint density at radius 3 is 2.38 bits per heavy atom. The van der Waals surface area contributed by atoms with Crippen molar-refractivity contribution in [2.75, 3.05) is 5.32 Å². The number of anilines is 2. The van der Waals surface area contributed by atoms with Crippen LogP contribution in [0.2, 0.25) is 0 Å². The SMILES string of the molecule is CC1(C)CCC(C)(C)c2cc(Nc3ccc(/C=C/C(=O)O)cn3)ccc21. The molecule has 0 unspecified atom stereocenters. The minimum absolute atomic E-state index is 0.168. The normalized spacial score (nSPS) is 17.7. The van der Waals surface area contributed by atoms with Gasteiger partial charge in [0.05, 0.1) is 0 Å². The van der Waals surface area contributed by atoms with Gasteiger partial charge in [0.15, 0.2) is 0 Å². The highest BCUT2D eigenvalue weighted by Crippen LogP contribution is 2.46. The number of hydrogen-bond donors (Lipinski definition) is 2. The fraction of sp³-hybridized carbons (Fsp3) is 0.364. The Labute approximate surface area is 155 Å². The molecule has 3 rings (SSSR count). The molecule has 0 saturated heterocycles. The van der Waals surface area contributed by atoms with Crippen molar-refractivity contribution in [1.82, 2.24) is 4.98 Å². The molecule has 1 aliphatic rings. The van der Waals surface area contributed by atoms with Crippen molar-refractivity contribution in [3.05, 3.63) is 59.3 Å². The molecule has 0 amide bonds. The van der Waals surface area contributed by atoms with Crippen LogP contribution in [0.4, 0.5) is 11.5 Å². The summed E-state index contributed by atoms with van der Waals surface area (Å²) in [5, 5.41) is 12.0. The third-order valence-electron chi connectivity index (χ3n) is 5.33. The van der Waals surface area contributed by atoms with Crippen molar-refractivity contribution in [2.45, 2.75) is 51.4 Å². The van der Waals surface area contributed by atoms with Gasteiger partial charge in [-0.25, -0.2) is 9.78 Å². The summed E-state index contributed by atoms with van der Waals surface area (Å²) >= 11 is 0. The minimum Gasteiger partial charge on any atom is -0.478 e. The lowest BCUT2D eigenvalue weighted by Crippen LogP contribution is -2.33. The Balaban J connectivity index is 1.84. The summed E-state index contributed by atoms with van der Waals surface area (Å²) in [6.45, 7) is 9.26. The molecule has 0 aliphatic heterocycles. The Morgan fingerprint density at radius 1 is 1.08 bits per heavy atom. The van der Waals surface area contributed by atoms with E-state index in [9.17, 15) is 4.79 Å². The third kappa shape index (κ3) is 3.79. The van der Waals surface area contributed by atoms with Crippen LogP contribution >= 0.6 is 0 Å². The number of nitrogens with one attached hydrogen (secondary N) is 1. The van der Waals surface area contributed by atoms with Gasteiger partial charge in [-0.05, 0) is 70.7 Å². The second-order valence-corrected chi connectivity index (χ2v) is 8.30. The molecule has 1 aromatic heterocycles. The van der Waals surface area contributed by atoms with E-state index in [4.69, 9.17) is 5.11 Å². The maximum absolute atomic E-state index is 10.6. The fourth-order valence-electron chi connectivity index (χ4n) is 3.56. The zero-order valence-electron chi connectivity index (χ0n) is 15.8. The van der Waals surface area contributed by atoms with Crippen LogP contribution in [0.1, 0.15) is 57.2 Å². The monoisotopic (exact) mass is 350 g/mol. The lowest BCUT2D eigenvalue weighted by molar-refractivity contribution is -0.131. The summed E-state index contributed by atoms with van der Waals surface area (Å²) in [6, 6.07) is 10.3. The van der Waals surface area contributed by atoms with Crippen molar-refractivity contribution >= 4 is 23.6 Å². The average Bonchev–Trinajstić information content (AvgIpc) is 2.58. The molecule has 0 spiro atoms. The van der Waals surface area contributed by atoms with E-state index in [-0.39, 0.29) is 10.8 Å². The number of aromatic nitrogens is 1. The number of rotatable bonds is 4.